The van der Waals surface area contributed by atoms with Crippen LogP contribution in [-0.2, 0) is 20.0 Å². The molecule has 2 unspecified atom stereocenters. The first-order valence-electron chi connectivity index (χ1n) is 10.8. The number of amides is 1. The summed E-state index contributed by atoms with van der Waals surface area (Å²) < 4.78 is 44.7. The van der Waals surface area contributed by atoms with Crippen LogP contribution in [0.25, 0.3) is 0 Å². The van der Waals surface area contributed by atoms with E-state index in [1.807, 2.05) is 11.6 Å². The maximum Gasteiger partial charge on any atom is 0.274 e. The number of halogens is 3. The van der Waals surface area contributed by atoms with Gasteiger partial charge in [-0.05, 0) is 25.0 Å². The average molecular weight is 458 g/mol. The standard InChI is InChI=1S/C21H21F3N8O/c1-30-10-25-18-14(3-4-16(18)30)26-20(33)15-9-32(29-28-15)6-11-2-5-17(27-19(11)22)31-7-12-13(8-31)21(12,23)24/h2,5,9-10,12-14H,3-4,6-8H2,1H3,(H,26,33)/t12?,13?,14-/m1/s1. The Kier molecular flexibility index (Phi) is 4.30. The van der Waals surface area contributed by atoms with Crippen LogP contribution in [0, 0.1) is 17.8 Å². The molecule has 3 aliphatic rings. The lowest BCUT2D eigenvalue weighted by molar-refractivity contribution is 0.0796. The summed E-state index contributed by atoms with van der Waals surface area (Å²) in [5.74, 6) is -4.63. The Morgan fingerprint density at radius 3 is 2.82 bits per heavy atom. The summed E-state index contributed by atoms with van der Waals surface area (Å²) in [5.41, 5.74) is 2.36. The van der Waals surface area contributed by atoms with Crippen LogP contribution in [-0.4, -0.2) is 54.4 Å². The highest BCUT2D eigenvalue weighted by atomic mass is 19.3. The number of imidazole rings is 1. The van der Waals surface area contributed by atoms with Crippen LogP contribution in [0.2, 0.25) is 0 Å². The van der Waals surface area contributed by atoms with E-state index in [2.05, 4.69) is 25.6 Å². The van der Waals surface area contributed by atoms with E-state index in [9.17, 15) is 18.0 Å². The summed E-state index contributed by atoms with van der Waals surface area (Å²) in [6.45, 7) is 0.411. The highest BCUT2D eigenvalue weighted by Gasteiger charge is 2.71. The van der Waals surface area contributed by atoms with Gasteiger partial charge in [0.15, 0.2) is 5.69 Å². The zero-order valence-electron chi connectivity index (χ0n) is 17.7. The van der Waals surface area contributed by atoms with Crippen LogP contribution in [0.3, 0.4) is 0 Å². The van der Waals surface area contributed by atoms with Gasteiger partial charge in [-0.15, -0.1) is 5.10 Å². The van der Waals surface area contributed by atoms with Crippen molar-refractivity contribution in [3.8, 4) is 0 Å². The van der Waals surface area contributed by atoms with Gasteiger partial charge >= 0.3 is 0 Å². The first-order valence-corrected chi connectivity index (χ1v) is 10.8. The van der Waals surface area contributed by atoms with Crippen LogP contribution < -0.4 is 10.2 Å². The summed E-state index contributed by atoms with van der Waals surface area (Å²) in [4.78, 5) is 22.6. The Morgan fingerprint density at radius 1 is 1.27 bits per heavy atom. The van der Waals surface area contributed by atoms with Crippen molar-refractivity contribution in [3.05, 3.63) is 53.2 Å². The Labute approximate surface area is 186 Å². The largest absolute Gasteiger partial charge is 0.355 e. The number of pyridine rings is 1. The van der Waals surface area contributed by atoms with Gasteiger partial charge in [-0.2, -0.15) is 4.39 Å². The fourth-order valence-corrected chi connectivity index (χ4v) is 4.96. The number of nitrogens with one attached hydrogen (secondary N) is 1. The third-order valence-corrected chi connectivity index (χ3v) is 6.94. The van der Waals surface area contributed by atoms with Crippen molar-refractivity contribution in [1.29, 1.82) is 0 Å². The molecule has 9 nitrogen and oxygen atoms in total. The molecule has 3 aromatic rings. The maximum absolute atomic E-state index is 14.6. The quantitative estimate of drug-likeness (QED) is 0.586. The lowest BCUT2D eigenvalue weighted by Crippen LogP contribution is -2.28. The van der Waals surface area contributed by atoms with E-state index in [1.165, 1.54) is 10.9 Å². The number of hydrogen-bond donors (Lipinski definition) is 1. The number of alkyl halides is 2. The van der Waals surface area contributed by atoms with Gasteiger partial charge in [0.05, 0.1) is 42.6 Å². The molecule has 3 atom stereocenters. The number of hydrogen-bond acceptors (Lipinski definition) is 6. The van der Waals surface area contributed by atoms with E-state index in [0.29, 0.717) is 5.82 Å². The minimum Gasteiger partial charge on any atom is -0.355 e. The summed E-state index contributed by atoms with van der Waals surface area (Å²) in [5, 5.41) is 10.8. The average Bonchev–Trinajstić information content (AvgIpc) is 3.41. The summed E-state index contributed by atoms with van der Waals surface area (Å²) >= 11 is 0. The summed E-state index contributed by atoms with van der Waals surface area (Å²) in [6, 6.07) is 3.00. The molecule has 1 amide bonds. The lowest BCUT2D eigenvalue weighted by atomic mass is 10.2. The molecule has 3 aromatic heterocycles. The number of carbonyl (C=O) groups excluding carboxylic acids is 1. The van der Waals surface area contributed by atoms with E-state index >= 15 is 0 Å². The summed E-state index contributed by atoms with van der Waals surface area (Å²) in [7, 11) is 1.92. The van der Waals surface area contributed by atoms with E-state index in [0.717, 1.165) is 24.2 Å². The van der Waals surface area contributed by atoms with Gasteiger partial charge in [0.25, 0.3) is 11.8 Å². The van der Waals surface area contributed by atoms with Gasteiger partial charge < -0.3 is 14.8 Å². The maximum atomic E-state index is 14.6. The Balaban J connectivity index is 1.10. The number of fused-ring (bicyclic) bond motifs is 2. The van der Waals surface area contributed by atoms with Crippen molar-refractivity contribution in [2.75, 3.05) is 18.0 Å². The predicted molar refractivity (Wildman–Crippen MR) is 109 cm³/mol. The van der Waals surface area contributed by atoms with E-state index < -0.39 is 23.7 Å². The molecule has 172 valence electrons. The first kappa shape index (κ1) is 20.2. The Hall–Kier alpha value is -3.44. The van der Waals surface area contributed by atoms with Crippen LogP contribution in [0.1, 0.15) is 39.9 Å². The monoisotopic (exact) mass is 458 g/mol. The predicted octanol–water partition coefficient (Wildman–Crippen LogP) is 1.71. The van der Waals surface area contributed by atoms with Crippen molar-refractivity contribution in [1.82, 2.24) is 34.8 Å². The van der Waals surface area contributed by atoms with Crippen LogP contribution in [0.4, 0.5) is 19.0 Å². The van der Waals surface area contributed by atoms with E-state index in [4.69, 9.17) is 0 Å². The molecular formula is C21H21F3N8O. The summed E-state index contributed by atoms with van der Waals surface area (Å²) in [6.07, 6.45) is 4.79. The fraction of sp³-hybridized carbons (Fsp3) is 0.476. The zero-order valence-corrected chi connectivity index (χ0v) is 17.7. The second-order valence-electron chi connectivity index (χ2n) is 8.97. The third kappa shape index (κ3) is 3.26. The molecule has 1 N–H and O–H groups in total. The van der Waals surface area contributed by atoms with Gasteiger partial charge in [0, 0.05) is 31.4 Å². The Morgan fingerprint density at radius 2 is 2.06 bits per heavy atom. The molecule has 0 radical (unpaired) electrons. The minimum atomic E-state index is -2.59. The zero-order chi connectivity index (χ0) is 22.9. The number of carbonyl (C=O) groups is 1. The number of aromatic nitrogens is 6. The van der Waals surface area contributed by atoms with Crippen molar-refractivity contribution in [3.63, 3.8) is 0 Å². The fourth-order valence-electron chi connectivity index (χ4n) is 4.96. The number of piperidine rings is 1. The van der Waals surface area contributed by atoms with Gasteiger partial charge in [-0.1, -0.05) is 5.21 Å². The van der Waals surface area contributed by atoms with Gasteiger partial charge in [-0.25, -0.2) is 23.4 Å². The molecule has 2 aliphatic carbocycles. The van der Waals surface area contributed by atoms with Crippen molar-refractivity contribution < 1.29 is 18.0 Å². The molecule has 0 bridgehead atoms. The molecule has 0 spiro atoms. The smallest absolute Gasteiger partial charge is 0.274 e. The molecule has 0 aromatic carbocycles. The molecule has 4 heterocycles. The third-order valence-electron chi connectivity index (χ3n) is 6.94. The molecular weight excluding hydrogens is 437 g/mol. The molecule has 1 saturated heterocycles. The van der Waals surface area contributed by atoms with Gasteiger partial charge in [0.1, 0.15) is 5.82 Å². The molecule has 6 rings (SSSR count). The van der Waals surface area contributed by atoms with Crippen LogP contribution >= 0.6 is 0 Å². The molecule has 33 heavy (non-hydrogen) atoms. The van der Waals surface area contributed by atoms with Crippen molar-refractivity contribution in [2.24, 2.45) is 18.9 Å². The van der Waals surface area contributed by atoms with E-state index in [1.54, 1.807) is 23.4 Å². The molecule has 1 aliphatic heterocycles. The second kappa shape index (κ2) is 7.03. The molecule has 2 fully saturated rings. The van der Waals surface area contributed by atoms with Crippen LogP contribution in [0.5, 0.6) is 0 Å². The number of aryl methyl sites for hydroxylation is 1. The van der Waals surface area contributed by atoms with Gasteiger partial charge in [0.2, 0.25) is 5.95 Å². The first-order chi connectivity index (χ1) is 15.8. The highest BCUT2D eigenvalue weighted by molar-refractivity contribution is 5.92. The normalized spacial score (nSPS) is 24.6. The van der Waals surface area contributed by atoms with Gasteiger partial charge in [-0.3, -0.25) is 4.79 Å². The lowest BCUT2D eigenvalue weighted by Gasteiger charge is -2.21. The van der Waals surface area contributed by atoms with E-state index in [-0.39, 0.29) is 42.8 Å². The van der Waals surface area contributed by atoms with Crippen molar-refractivity contribution >= 4 is 11.7 Å². The Bertz CT molecular complexity index is 1240. The topological polar surface area (TPSA) is 93.8 Å². The number of rotatable bonds is 5. The second-order valence-corrected chi connectivity index (χ2v) is 8.97. The van der Waals surface area contributed by atoms with Crippen molar-refractivity contribution in [2.45, 2.75) is 31.4 Å². The number of nitrogens with zero attached hydrogens (tertiary/aromatic N) is 7. The highest BCUT2D eigenvalue weighted by Crippen LogP contribution is 2.59. The molecule has 12 heteroatoms. The number of anilines is 1. The molecule has 1 saturated carbocycles. The SMILES string of the molecule is Cn1cnc2c1CC[C@H]2NC(=O)c1cn(Cc2ccc(N3CC4C(C3)C4(F)F)nc2F)nn1. The minimum absolute atomic E-state index is 0.0382. The van der Waals surface area contributed by atoms with Crippen LogP contribution in [0.15, 0.2) is 24.7 Å².